The Bertz CT molecular complexity index is 1700. The molecule has 196 valence electrons. The summed E-state index contributed by atoms with van der Waals surface area (Å²) in [6, 6.07) is 9.82. The number of sulfonamides is 1. The quantitative estimate of drug-likeness (QED) is 0.370. The third kappa shape index (κ3) is 4.79. The molecule has 0 aliphatic carbocycles. The number of hydrogen-bond acceptors (Lipinski definition) is 6. The van der Waals surface area contributed by atoms with Crippen molar-refractivity contribution in [3.63, 3.8) is 0 Å². The molecule has 38 heavy (non-hydrogen) atoms. The molecule has 0 saturated heterocycles. The maximum Gasteiger partial charge on any atom is 0.255 e. The van der Waals surface area contributed by atoms with Crippen LogP contribution in [0.3, 0.4) is 0 Å². The van der Waals surface area contributed by atoms with Crippen molar-refractivity contribution in [2.45, 2.75) is 18.7 Å². The molecule has 0 saturated carbocycles. The highest BCUT2D eigenvalue weighted by Gasteiger charge is 2.30. The molecular formula is C26H21F3N4O4S. The molecule has 0 bridgehead atoms. The van der Waals surface area contributed by atoms with Crippen LogP contribution in [-0.2, 0) is 28.7 Å². The molecule has 0 radical (unpaired) electrons. The minimum atomic E-state index is -3.75. The van der Waals surface area contributed by atoms with E-state index in [2.05, 4.69) is 9.97 Å². The number of hydrogen-bond donors (Lipinski definition) is 0. The van der Waals surface area contributed by atoms with Gasteiger partial charge in [0.1, 0.15) is 23.1 Å². The van der Waals surface area contributed by atoms with Crippen molar-refractivity contribution in [2.24, 2.45) is 0 Å². The summed E-state index contributed by atoms with van der Waals surface area (Å²) >= 11 is 0. The summed E-state index contributed by atoms with van der Waals surface area (Å²) in [6.07, 6.45) is 3.11. The van der Waals surface area contributed by atoms with Gasteiger partial charge >= 0.3 is 0 Å². The first-order valence-corrected chi connectivity index (χ1v) is 13.1. The molecule has 2 aromatic carbocycles. The van der Waals surface area contributed by atoms with Gasteiger partial charge in [-0.1, -0.05) is 12.1 Å². The Morgan fingerprint density at radius 1 is 0.974 bits per heavy atom. The van der Waals surface area contributed by atoms with Crippen LogP contribution in [0.15, 0.2) is 65.7 Å². The summed E-state index contributed by atoms with van der Waals surface area (Å²) in [5.41, 5.74) is 0.779. The van der Waals surface area contributed by atoms with Crippen LogP contribution in [0.25, 0.3) is 16.8 Å². The van der Waals surface area contributed by atoms with Crippen LogP contribution < -0.4 is 10.3 Å². The van der Waals surface area contributed by atoms with E-state index in [1.165, 1.54) is 46.6 Å². The van der Waals surface area contributed by atoms with Crippen LogP contribution in [0, 0.1) is 17.5 Å². The van der Waals surface area contributed by atoms with Crippen LogP contribution in [0.1, 0.15) is 17.1 Å². The van der Waals surface area contributed by atoms with E-state index in [0.717, 1.165) is 18.2 Å². The first kappa shape index (κ1) is 25.6. The number of methoxy groups -OCH3 is 1. The Labute approximate surface area is 216 Å². The van der Waals surface area contributed by atoms with Gasteiger partial charge in [0.2, 0.25) is 10.0 Å². The zero-order valence-electron chi connectivity index (χ0n) is 20.1. The van der Waals surface area contributed by atoms with Crippen molar-refractivity contribution in [1.82, 2.24) is 18.8 Å². The molecule has 2 aromatic heterocycles. The van der Waals surface area contributed by atoms with Crippen molar-refractivity contribution in [3.05, 3.63) is 106 Å². The smallest absolute Gasteiger partial charge is 0.255 e. The summed E-state index contributed by atoms with van der Waals surface area (Å²) in [5, 5.41) is 0. The van der Waals surface area contributed by atoms with Crippen LogP contribution in [-0.4, -0.2) is 40.9 Å². The van der Waals surface area contributed by atoms with Gasteiger partial charge in [0.05, 0.1) is 12.8 Å². The highest BCUT2D eigenvalue weighted by atomic mass is 32.2. The van der Waals surface area contributed by atoms with E-state index < -0.39 is 33.0 Å². The Balaban J connectivity index is 1.53. The predicted molar refractivity (Wildman–Crippen MR) is 133 cm³/mol. The van der Waals surface area contributed by atoms with E-state index in [-0.39, 0.29) is 53.7 Å². The van der Waals surface area contributed by atoms with Crippen molar-refractivity contribution >= 4 is 10.0 Å². The van der Waals surface area contributed by atoms with Gasteiger partial charge in [-0.3, -0.25) is 9.36 Å². The molecular weight excluding hydrogens is 521 g/mol. The molecule has 0 N–H and O–H groups in total. The maximum absolute atomic E-state index is 15.3. The summed E-state index contributed by atoms with van der Waals surface area (Å²) in [5.74, 6) is -3.04. The number of nitrogens with zero attached hydrogens (tertiary/aromatic N) is 4. The molecule has 5 rings (SSSR count). The van der Waals surface area contributed by atoms with Gasteiger partial charge in [-0.2, -0.15) is 4.31 Å². The van der Waals surface area contributed by atoms with E-state index in [4.69, 9.17) is 4.74 Å². The van der Waals surface area contributed by atoms with Crippen LogP contribution in [0.5, 0.6) is 5.75 Å². The molecule has 3 heterocycles. The van der Waals surface area contributed by atoms with Gasteiger partial charge < -0.3 is 4.74 Å². The Kier molecular flexibility index (Phi) is 6.76. The fourth-order valence-corrected chi connectivity index (χ4v) is 5.82. The lowest BCUT2D eigenvalue weighted by molar-refractivity contribution is 0.381. The van der Waals surface area contributed by atoms with Gasteiger partial charge in [0.15, 0.2) is 11.6 Å². The van der Waals surface area contributed by atoms with Crippen molar-refractivity contribution in [2.75, 3.05) is 13.7 Å². The Morgan fingerprint density at radius 3 is 2.45 bits per heavy atom. The second kappa shape index (κ2) is 10.0. The topological polar surface area (TPSA) is 94.4 Å². The fraction of sp³-hybridized carbons (Fsp3) is 0.192. The molecule has 0 amide bonds. The number of ether oxygens (including phenoxy) is 1. The molecule has 1 aliphatic heterocycles. The monoisotopic (exact) mass is 542 g/mol. The molecule has 0 spiro atoms. The number of benzene rings is 2. The van der Waals surface area contributed by atoms with E-state index in [0.29, 0.717) is 11.3 Å². The van der Waals surface area contributed by atoms with Crippen molar-refractivity contribution in [1.29, 1.82) is 0 Å². The van der Waals surface area contributed by atoms with E-state index in [1.807, 2.05) is 0 Å². The SMILES string of the molecule is COc1cc(-c2ccc(F)c(F)c2)c(F)cc1-n1c2c(ccc1=O)CN(S(=O)(=O)Cc1ncccn1)CC2. The molecule has 12 heteroatoms. The number of halogens is 3. The number of rotatable bonds is 6. The molecule has 0 fully saturated rings. The van der Waals surface area contributed by atoms with E-state index >= 15 is 4.39 Å². The minimum Gasteiger partial charge on any atom is -0.495 e. The first-order valence-electron chi connectivity index (χ1n) is 11.5. The molecule has 8 nitrogen and oxygen atoms in total. The third-order valence-electron chi connectivity index (χ3n) is 6.30. The van der Waals surface area contributed by atoms with E-state index in [1.54, 1.807) is 12.1 Å². The van der Waals surface area contributed by atoms with Crippen LogP contribution >= 0.6 is 0 Å². The average Bonchev–Trinajstić information content (AvgIpc) is 2.90. The van der Waals surface area contributed by atoms with Crippen molar-refractivity contribution in [3.8, 4) is 22.6 Å². The fourth-order valence-electron chi connectivity index (χ4n) is 4.46. The van der Waals surface area contributed by atoms with Gasteiger partial charge in [-0.25, -0.2) is 31.6 Å². The van der Waals surface area contributed by atoms with E-state index in [9.17, 15) is 22.0 Å². The lowest BCUT2D eigenvalue weighted by Crippen LogP contribution is -2.39. The number of fused-ring (bicyclic) bond motifs is 1. The summed E-state index contributed by atoms with van der Waals surface area (Å²) in [4.78, 5) is 20.9. The zero-order valence-corrected chi connectivity index (χ0v) is 20.9. The molecule has 0 atom stereocenters. The van der Waals surface area contributed by atoms with Gasteiger partial charge in [0, 0.05) is 55.3 Å². The normalized spacial score (nSPS) is 13.8. The van der Waals surface area contributed by atoms with Crippen LogP contribution in [0.4, 0.5) is 13.2 Å². The summed E-state index contributed by atoms with van der Waals surface area (Å²) < 4.78 is 76.5. The number of pyridine rings is 1. The summed E-state index contributed by atoms with van der Waals surface area (Å²) in [7, 11) is -2.41. The van der Waals surface area contributed by atoms with Crippen LogP contribution in [0.2, 0.25) is 0 Å². The largest absolute Gasteiger partial charge is 0.495 e. The highest BCUT2D eigenvalue weighted by molar-refractivity contribution is 7.88. The molecule has 1 aliphatic rings. The lowest BCUT2D eigenvalue weighted by Gasteiger charge is -2.30. The maximum atomic E-state index is 15.3. The predicted octanol–water partition coefficient (Wildman–Crippen LogP) is 3.61. The molecule has 0 unspecified atom stereocenters. The van der Waals surface area contributed by atoms with Crippen molar-refractivity contribution < 1.29 is 26.3 Å². The lowest BCUT2D eigenvalue weighted by atomic mass is 10.0. The average molecular weight is 543 g/mol. The Morgan fingerprint density at radius 2 is 1.74 bits per heavy atom. The Hall–Kier alpha value is -4.03. The highest BCUT2D eigenvalue weighted by Crippen LogP contribution is 2.34. The third-order valence-corrected chi connectivity index (χ3v) is 8.02. The first-order chi connectivity index (χ1) is 18.2. The minimum absolute atomic E-state index is 0.00250. The number of aromatic nitrogens is 3. The second-order valence-electron chi connectivity index (χ2n) is 8.62. The van der Waals surface area contributed by atoms with Gasteiger partial charge in [-0.05, 0) is 35.4 Å². The molecule has 4 aromatic rings. The summed E-state index contributed by atoms with van der Waals surface area (Å²) in [6.45, 7) is 0.0892. The zero-order chi connectivity index (χ0) is 27.0. The standard InChI is InChI=1S/C26H21F3N4O4S/c1-37-24-12-18(16-3-5-19(27)21(29)11-16)20(28)13-23(24)33-22-7-10-32(14-17(22)4-6-26(33)34)38(35,36)15-25-30-8-2-9-31-25/h2-6,8-9,11-13H,7,10,14-15H2,1H3. The van der Waals surface area contributed by atoms with Gasteiger partial charge in [0.25, 0.3) is 5.56 Å². The second-order valence-corrected chi connectivity index (χ2v) is 10.6. The van der Waals surface area contributed by atoms with Gasteiger partial charge in [-0.15, -0.1) is 0 Å².